The van der Waals surface area contributed by atoms with Gasteiger partial charge in [0.15, 0.2) is 0 Å². The minimum Gasteiger partial charge on any atom is -0.367 e. The third-order valence-corrected chi connectivity index (χ3v) is 6.81. The molecule has 0 radical (unpaired) electrons. The summed E-state index contributed by atoms with van der Waals surface area (Å²) >= 11 is 0. The van der Waals surface area contributed by atoms with Crippen molar-refractivity contribution in [1.82, 2.24) is 8.87 Å². The largest absolute Gasteiger partial charge is 0.367 e. The Kier molecular flexibility index (Phi) is 4.44. The van der Waals surface area contributed by atoms with Crippen LogP contribution in [0.15, 0.2) is 53.6 Å². The number of nitrogens with zero attached hydrogens (tertiary/aromatic N) is 3. The highest BCUT2D eigenvalue weighted by atomic mass is 32.2. The molecular weight excluding hydrogens is 365 g/mol. The molecule has 0 saturated carbocycles. The fourth-order valence-corrected chi connectivity index (χ4v) is 4.86. The van der Waals surface area contributed by atoms with E-state index in [0.717, 1.165) is 42.8 Å². The van der Waals surface area contributed by atoms with Crippen LogP contribution in [0, 0.1) is 12.7 Å². The number of hydrogen-bond acceptors (Lipinski definition) is 4. The van der Waals surface area contributed by atoms with Crippen LogP contribution in [0.2, 0.25) is 0 Å². The number of hydrogen-bond donors (Lipinski definition) is 0. The van der Waals surface area contributed by atoms with Crippen LogP contribution in [0.1, 0.15) is 5.56 Å². The number of piperazine rings is 1. The number of aryl methyl sites for hydroxylation is 1. The summed E-state index contributed by atoms with van der Waals surface area (Å²) in [6, 6.07) is 10.8. The van der Waals surface area contributed by atoms with E-state index in [9.17, 15) is 12.8 Å². The van der Waals surface area contributed by atoms with Gasteiger partial charge in [-0.25, -0.2) is 16.8 Å². The van der Waals surface area contributed by atoms with Crippen LogP contribution >= 0.6 is 0 Å². The summed E-state index contributed by atoms with van der Waals surface area (Å²) in [6.07, 6.45) is 1.70. The van der Waals surface area contributed by atoms with Crippen LogP contribution < -0.4 is 4.90 Å². The van der Waals surface area contributed by atoms with Crippen molar-refractivity contribution in [3.8, 4) is 0 Å². The quantitative estimate of drug-likeness (QED) is 0.693. The molecule has 0 amide bonds. The van der Waals surface area contributed by atoms with Gasteiger partial charge in [0.1, 0.15) is 5.82 Å². The molecule has 4 rings (SSSR count). The maximum absolute atomic E-state index is 13.2. The highest BCUT2D eigenvalue weighted by Gasteiger charge is 2.25. The van der Waals surface area contributed by atoms with Crippen LogP contribution in [-0.4, -0.2) is 50.5 Å². The predicted molar refractivity (Wildman–Crippen MR) is 105 cm³/mol. The number of fused-ring (bicyclic) bond motifs is 1. The van der Waals surface area contributed by atoms with E-state index >= 15 is 0 Å². The summed E-state index contributed by atoms with van der Waals surface area (Å²) in [4.78, 5) is 4.57. The van der Waals surface area contributed by atoms with Crippen molar-refractivity contribution in [1.29, 1.82) is 0 Å². The SMILES string of the molecule is Cc1ccc2c(N3CCN(C)CC3)cn(S(=O)(=O)c3ccc(F)cc3)c2c1. The molecule has 27 heavy (non-hydrogen) atoms. The third-order valence-electron chi connectivity index (χ3n) is 5.12. The predicted octanol–water partition coefficient (Wildman–Crippen LogP) is 3.08. The first-order chi connectivity index (χ1) is 12.9. The zero-order valence-electron chi connectivity index (χ0n) is 15.4. The first-order valence-corrected chi connectivity index (χ1v) is 10.4. The Bertz CT molecular complexity index is 1080. The molecule has 0 N–H and O–H groups in total. The van der Waals surface area contributed by atoms with Gasteiger partial charge in [0.25, 0.3) is 10.0 Å². The lowest BCUT2D eigenvalue weighted by Crippen LogP contribution is -2.44. The molecule has 1 aromatic heterocycles. The summed E-state index contributed by atoms with van der Waals surface area (Å²) in [7, 11) is -1.73. The van der Waals surface area contributed by atoms with E-state index in [1.54, 1.807) is 6.20 Å². The molecule has 1 aliphatic heterocycles. The van der Waals surface area contributed by atoms with Gasteiger partial charge in [-0.1, -0.05) is 12.1 Å². The average molecular weight is 387 g/mol. The summed E-state index contributed by atoms with van der Waals surface area (Å²) in [5.41, 5.74) is 2.55. The van der Waals surface area contributed by atoms with Gasteiger partial charge in [-0.3, -0.25) is 0 Å². The van der Waals surface area contributed by atoms with Gasteiger partial charge >= 0.3 is 0 Å². The Morgan fingerprint density at radius 1 is 0.963 bits per heavy atom. The smallest absolute Gasteiger partial charge is 0.268 e. The topological polar surface area (TPSA) is 45.5 Å². The fraction of sp³-hybridized carbons (Fsp3) is 0.300. The lowest BCUT2D eigenvalue weighted by molar-refractivity contribution is 0.313. The number of anilines is 1. The van der Waals surface area contributed by atoms with Crippen molar-refractivity contribution >= 4 is 26.6 Å². The van der Waals surface area contributed by atoms with E-state index < -0.39 is 15.8 Å². The molecule has 2 aromatic carbocycles. The van der Waals surface area contributed by atoms with Gasteiger partial charge in [0.05, 0.1) is 16.1 Å². The van der Waals surface area contributed by atoms with Gasteiger partial charge in [0.2, 0.25) is 0 Å². The van der Waals surface area contributed by atoms with Crippen LogP contribution in [0.4, 0.5) is 10.1 Å². The zero-order chi connectivity index (χ0) is 19.2. The Labute approximate surface area is 158 Å². The summed E-state index contributed by atoms with van der Waals surface area (Å²) in [6.45, 7) is 5.50. The second-order valence-electron chi connectivity index (χ2n) is 7.08. The van der Waals surface area contributed by atoms with Crippen LogP contribution in [0.5, 0.6) is 0 Å². The number of aromatic nitrogens is 1. The van der Waals surface area contributed by atoms with Crippen molar-refractivity contribution in [2.45, 2.75) is 11.8 Å². The molecule has 1 aliphatic rings. The van der Waals surface area contributed by atoms with Gasteiger partial charge in [0, 0.05) is 37.8 Å². The lowest BCUT2D eigenvalue weighted by atomic mass is 10.1. The molecule has 7 heteroatoms. The normalized spacial score (nSPS) is 16.2. The van der Waals surface area contributed by atoms with Crippen LogP contribution in [-0.2, 0) is 10.0 Å². The van der Waals surface area contributed by atoms with E-state index in [-0.39, 0.29) is 4.90 Å². The molecular formula is C20H22FN3O2S. The minimum absolute atomic E-state index is 0.0761. The van der Waals surface area contributed by atoms with Gasteiger partial charge < -0.3 is 9.80 Å². The van der Waals surface area contributed by atoms with Crippen molar-refractivity contribution in [2.75, 3.05) is 38.1 Å². The average Bonchev–Trinajstić information content (AvgIpc) is 3.02. The van der Waals surface area contributed by atoms with Crippen molar-refractivity contribution in [2.24, 2.45) is 0 Å². The molecule has 142 valence electrons. The molecule has 0 unspecified atom stereocenters. The standard InChI is InChI=1S/C20H22FN3O2S/c1-15-3-8-18-19(13-15)24(14-20(18)23-11-9-22(2)10-12-23)27(25,26)17-6-4-16(21)5-7-17/h3-8,13-14H,9-12H2,1-2H3. The molecule has 0 spiro atoms. The minimum atomic E-state index is -3.81. The Hall–Kier alpha value is -2.38. The zero-order valence-corrected chi connectivity index (χ0v) is 16.2. The monoisotopic (exact) mass is 387 g/mol. The molecule has 1 saturated heterocycles. The highest BCUT2D eigenvalue weighted by molar-refractivity contribution is 7.90. The molecule has 5 nitrogen and oxygen atoms in total. The van der Waals surface area contributed by atoms with E-state index in [1.165, 1.54) is 28.2 Å². The van der Waals surface area contributed by atoms with E-state index in [2.05, 4.69) is 16.8 Å². The molecule has 0 bridgehead atoms. The molecule has 0 aliphatic carbocycles. The molecule has 0 atom stereocenters. The number of benzene rings is 2. The number of halogens is 1. The maximum atomic E-state index is 13.2. The summed E-state index contributed by atoms with van der Waals surface area (Å²) in [5, 5.41) is 0.913. The fourth-order valence-electron chi connectivity index (χ4n) is 3.51. The van der Waals surface area contributed by atoms with Crippen molar-refractivity contribution < 1.29 is 12.8 Å². The first-order valence-electron chi connectivity index (χ1n) is 8.92. The van der Waals surface area contributed by atoms with Crippen molar-refractivity contribution in [3.05, 3.63) is 60.0 Å². The Balaban J connectivity index is 1.88. The molecule has 3 aromatic rings. The lowest BCUT2D eigenvalue weighted by Gasteiger charge is -2.33. The second kappa shape index (κ2) is 6.65. The maximum Gasteiger partial charge on any atom is 0.268 e. The van der Waals surface area contributed by atoms with E-state index in [0.29, 0.717) is 5.52 Å². The van der Waals surface area contributed by atoms with Crippen LogP contribution in [0.3, 0.4) is 0 Å². The van der Waals surface area contributed by atoms with Gasteiger partial charge in [-0.05, 0) is 49.9 Å². The number of likely N-dealkylation sites (N-methyl/N-ethyl adjacent to an activating group) is 1. The van der Waals surface area contributed by atoms with Gasteiger partial charge in [-0.15, -0.1) is 0 Å². The van der Waals surface area contributed by atoms with E-state index in [1.807, 2.05) is 25.1 Å². The highest BCUT2D eigenvalue weighted by Crippen LogP contribution is 2.33. The first kappa shape index (κ1) is 18.0. The Morgan fingerprint density at radius 2 is 1.63 bits per heavy atom. The second-order valence-corrected chi connectivity index (χ2v) is 8.89. The van der Waals surface area contributed by atoms with E-state index in [4.69, 9.17) is 0 Å². The van der Waals surface area contributed by atoms with Crippen molar-refractivity contribution in [3.63, 3.8) is 0 Å². The summed E-state index contributed by atoms with van der Waals surface area (Å²) < 4.78 is 41.0. The third kappa shape index (κ3) is 3.21. The van der Waals surface area contributed by atoms with Gasteiger partial charge in [-0.2, -0.15) is 0 Å². The molecule has 1 fully saturated rings. The summed E-state index contributed by atoms with van der Waals surface area (Å²) in [5.74, 6) is -0.458. The number of rotatable bonds is 3. The molecule has 2 heterocycles. The Morgan fingerprint density at radius 3 is 2.30 bits per heavy atom. The van der Waals surface area contributed by atoms with Crippen LogP contribution in [0.25, 0.3) is 10.9 Å².